The first kappa shape index (κ1) is 15.2. The molecule has 19 heavy (non-hydrogen) atoms. The minimum Gasteiger partial charge on any atom is -0.484 e. The monoisotopic (exact) mass is 262 g/mol. The van der Waals surface area contributed by atoms with Crippen molar-refractivity contribution < 1.29 is 9.53 Å². The second-order valence-corrected chi connectivity index (χ2v) is 4.56. The van der Waals surface area contributed by atoms with E-state index in [1.807, 2.05) is 24.3 Å². The zero-order valence-electron chi connectivity index (χ0n) is 11.6. The first-order valence-corrected chi connectivity index (χ1v) is 6.44. The van der Waals surface area contributed by atoms with E-state index in [1.54, 1.807) is 6.08 Å². The lowest BCUT2D eigenvalue weighted by Crippen LogP contribution is -2.28. The average molecular weight is 262 g/mol. The number of amides is 1. The van der Waals surface area contributed by atoms with Crippen molar-refractivity contribution in [1.82, 2.24) is 10.6 Å². The molecule has 0 spiro atoms. The normalized spacial score (nSPS) is 10.3. The summed E-state index contributed by atoms with van der Waals surface area (Å²) >= 11 is 0. The van der Waals surface area contributed by atoms with Gasteiger partial charge < -0.3 is 15.4 Å². The van der Waals surface area contributed by atoms with Gasteiger partial charge in [-0.1, -0.05) is 32.1 Å². The maximum absolute atomic E-state index is 11.4. The Balaban J connectivity index is 2.43. The fourth-order valence-corrected chi connectivity index (χ4v) is 1.45. The van der Waals surface area contributed by atoms with E-state index in [-0.39, 0.29) is 12.5 Å². The van der Waals surface area contributed by atoms with Gasteiger partial charge in [0.15, 0.2) is 6.61 Å². The maximum Gasteiger partial charge on any atom is 0.258 e. The summed E-state index contributed by atoms with van der Waals surface area (Å²) in [6, 6.07) is 8.18. The molecule has 0 heterocycles. The van der Waals surface area contributed by atoms with Crippen LogP contribution in [0.15, 0.2) is 36.9 Å². The number of nitrogens with one attached hydrogen (secondary N) is 2. The van der Waals surface area contributed by atoms with Gasteiger partial charge in [-0.2, -0.15) is 0 Å². The summed E-state index contributed by atoms with van der Waals surface area (Å²) in [5.41, 5.74) is 1.14. The van der Waals surface area contributed by atoms with Gasteiger partial charge in [-0.25, -0.2) is 0 Å². The third-order valence-electron chi connectivity index (χ3n) is 2.43. The number of benzene rings is 1. The van der Waals surface area contributed by atoms with Crippen molar-refractivity contribution in [3.05, 3.63) is 42.5 Å². The molecule has 0 unspecified atom stereocenters. The van der Waals surface area contributed by atoms with E-state index in [1.165, 1.54) is 0 Å². The number of hydrogen-bond acceptors (Lipinski definition) is 3. The molecular formula is C15H22N2O2. The number of ether oxygens (including phenoxy) is 1. The Morgan fingerprint density at radius 2 is 2.26 bits per heavy atom. The summed E-state index contributed by atoms with van der Waals surface area (Å²) < 4.78 is 5.44. The third kappa shape index (κ3) is 6.62. The summed E-state index contributed by atoms with van der Waals surface area (Å²) in [4.78, 5) is 11.4. The highest BCUT2D eigenvalue weighted by Crippen LogP contribution is 2.13. The van der Waals surface area contributed by atoms with Gasteiger partial charge in [0, 0.05) is 19.1 Å². The van der Waals surface area contributed by atoms with Crippen molar-refractivity contribution in [3.8, 4) is 5.75 Å². The molecule has 0 bridgehead atoms. The molecule has 0 aliphatic heterocycles. The fourth-order valence-electron chi connectivity index (χ4n) is 1.45. The Hall–Kier alpha value is -1.81. The van der Waals surface area contributed by atoms with E-state index in [9.17, 15) is 4.79 Å². The van der Waals surface area contributed by atoms with E-state index < -0.39 is 0 Å². The van der Waals surface area contributed by atoms with Crippen molar-refractivity contribution in [2.75, 3.05) is 13.2 Å². The van der Waals surface area contributed by atoms with Gasteiger partial charge in [0.2, 0.25) is 0 Å². The first-order chi connectivity index (χ1) is 9.11. The van der Waals surface area contributed by atoms with E-state index >= 15 is 0 Å². The smallest absolute Gasteiger partial charge is 0.258 e. The molecule has 0 atom stereocenters. The number of rotatable bonds is 8. The van der Waals surface area contributed by atoms with Crippen LogP contribution < -0.4 is 15.4 Å². The molecule has 0 aromatic heterocycles. The molecule has 2 N–H and O–H groups in total. The lowest BCUT2D eigenvalue weighted by molar-refractivity contribution is -0.122. The molecule has 0 fully saturated rings. The lowest BCUT2D eigenvalue weighted by Gasteiger charge is -2.10. The Labute approximate surface area is 114 Å². The van der Waals surface area contributed by atoms with Crippen LogP contribution in [-0.2, 0) is 11.3 Å². The fraction of sp³-hybridized carbons (Fsp3) is 0.400. The van der Waals surface area contributed by atoms with Gasteiger partial charge in [-0.3, -0.25) is 4.79 Å². The highest BCUT2D eigenvalue weighted by molar-refractivity contribution is 5.77. The van der Waals surface area contributed by atoms with Crippen molar-refractivity contribution >= 4 is 5.91 Å². The van der Waals surface area contributed by atoms with Crippen molar-refractivity contribution in [2.45, 2.75) is 26.4 Å². The van der Waals surface area contributed by atoms with Crippen molar-refractivity contribution in [1.29, 1.82) is 0 Å². The van der Waals surface area contributed by atoms with Gasteiger partial charge in [-0.15, -0.1) is 6.58 Å². The van der Waals surface area contributed by atoms with Crippen LogP contribution in [0.2, 0.25) is 0 Å². The topological polar surface area (TPSA) is 50.4 Å². The van der Waals surface area contributed by atoms with E-state index in [2.05, 4.69) is 31.1 Å². The van der Waals surface area contributed by atoms with Gasteiger partial charge >= 0.3 is 0 Å². The van der Waals surface area contributed by atoms with Gasteiger partial charge in [0.1, 0.15) is 5.75 Å². The Morgan fingerprint density at radius 1 is 1.47 bits per heavy atom. The molecule has 1 aromatic rings. The van der Waals surface area contributed by atoms with Crippen LogP contribution in [0, 0.1) is 0 Å². The third-order valence-corrected chi connectivity index (χ3v) is 2.43. The molecule has 104 valence electrons. The number of carbonyl (C=O) groups excluding carboxylic acids is 1. The predicted octanol–water partition coefficient (Wildman–Crippen LogP) is 1.87. The van der Waals surface area contributed by atoms with Crippen LogP contribution in [0.1, 0.15) is 19.4 Å². The molecule has 1 amide bonds. The van der Waals surface area contributed by atoms with E-state index in [0.717, 1.165) is 12.1 Å². The lowest BCUT2D eigenvalue weighted by atomic mass is 10.2. The van der Waals surface area contributed by atoms with Gasteiger partial charge in [-0.05, 0) is 17.7 Å². The standard InChI is InChI=1S/C15H22N2O2/c1-4-8-16-15(18)11-19-14-7-5-6-13(9-14)10-17-12(2)3/h4-7,9,12,17H,1,8,10-11H2,2-3H3,(H,16,18). The summed E-state index contributed by atoms with van der Waals surface area (Å²) in [6.07, 6.45) is 1.64. The second-order valence-electron chi connectivity index (χ2n) is 4.56. The van der Waals surface area contributed by atoms with E-state index in [4.69, 9.17) is 4.74 Å². The maximum atomic E-state index is 11.4. The molecule has 1 rings (SSSR count). The minimum atomic E-state index is -0.148. The predicted molar refractivity (Wildman–Crippen MR) is 77.1 cm³/mol. The second kappa shape index (κ2) is 8.32. The molecule has 0 radical (unpaired) electrons. The first-order valence-electron chi connectivity index (χ1n) is 6.44. The highest BCUT2D eigenvalue weighted by atomic mass is 16.5. The van der Waals surface area contributed by atoms with Crippen LogP contribution in [0.5, 0.6) is 5.75 Å². The number of hydrogen-bond donors (Lipinski definition) is 2. The average Bonchev–Trinajstić information content (AvgIpc) is 2.41. The molecule has 0 aliphatic carbocycles. The summed E-state index contributed by atoms with van der Waals surface area (Å²) in [7, 11) is 0. The summed E-state index contributed by atoms with van der Waals surface area (Å²) in [5.74, 6) is 0.558. The SMILES string of the molecule is C=CCNC(=O)COc1cccc(CNC(C)C)c1. The van der Waals surface area contributed by atoms with Gasteiger partial charge in [0.05, 0.1) is 0 Å². The molecule has 1 aromatic carbocycles. The Morgan fingerprint density at radius 3 is 2.95 bits per heavy atom. The summed E-state index contributed by atoms with van der Waals surface area (Å²) in [6.45, 7) is 9.01. The van der Waals surface area contributed by atoms with Crippen molar-refractivity contribution in [2.24, 2.45) is 0 Å². The Bertz CT molecular complexity index is 416. The largest absolute Gasteiger partial charge is 0.484 e. The van der Waals surface area contributed by atoms with Gasteiger partial charge in [0.25, 0.3) is 5.91 Å². The highest BCUT2D eigenvalue weighted by Gasteiger charge is 2.02. The zero-order valence-corrected chi connectivity index (χ0v) is 11.6. The molecular weight excluding hydrogens is 240 g/mol. The molecule has 0 saturated carbocycles. The molecule has 0 aliphatic rings. The van der Waals surface area contributed by atoms with Crippen LogP contribution >= 0.6 is 0 Å². The minimum absolute atomic E-state index is 0.0227. The number of carbonyl (C=O) groups is 1. The summed E-state index contributed by atoms with van der Waals surface area (Å²) in [5, 5.41) is 6.00. The van der Waals surface area contributed by atoms with Crippen LogP contribution in [0.25, 0.3) is 0 Å². The van der Waals surface area contributed by atoms with E-state index in [0.29, 0.717) is 18.3 Å². The Kier molecular flexibility index (Phi) is 6.68. The molecule has 0 saturated heterocycles. The zero-order chi connectivity index (χ0) is 14.1. The van der Waals surface area contributed by atoms with Crippen LogP contribution in [0.3, 0.4) is 0 Å². The molecule has 4 heteroatoms. The van der Waals surface area contributed by atoms with Crippen LogP contribution in [-0.4, -0.2) is 25.1 Å². The van der Waals surface area contributed by atoms with Crippen molar-refractivity contribution in [3.63, 3.8) is 0 Å². The molecule has 4 nitrogen and oxygen atoms in total. The van der Waals surface area contributed by atoms with Crippen LogP contribution in [0.4, 0.5) is 0 Å². The quantitative estimate of drug-likeness (QED) is 0.703.